The first-order valence-corrected chi connectivity index (χ1v) is 8.22. The van der Waals surface area contributed by atoms with Gasteiger partial charge in [0.1, 0.15) is 5.60 Å². The van der Waals surface area contributed by atoms with Crippen LogP contribution in [0.4, 0.5) is 0 Å². The normalized spacial score (nSPS) is 13.3. The Morgan fingerprint density at radius 2 is 2.13 bits per heavy atom. The summed E-state index contributed by atoms with van der Waals surface area (Å²) in [7, 11) is 0. The number of amides is 2. The van der Waals surface area contributed by atoms with Crippen LogP contribution in [0.1, 0.15) is 35.2 Å². The first kappa shape index (κ1) is 17.2. The van der Waals surface area contributed by atoms with Gasteiger partial charge in [-0.25, -0.2) is 0 Å². The minimum Gasteiger partial charge on any atom is -0.459 e. The standard InChI is InChI=1S/C16H20N2O4S/c1-16(21,13-6-4-10-23-13)11-18-14(19)7-2-8-17-15(20)12-5-3-9-22-12/h3-6,9-10,21H,2,7-8,11H2,1H3,(H,17,20)(H,18,19). The van der Waals surface area contributed by atoms with Crippen LogP contribution in [0.15, 0.2) is 40.3 Å². The number of nitrogens with one attached hydrogen (secondary N) is 2. The van der Waals surface area contributed by atoms with Crippen LogP contribution in [-0.4, -0.2) is 30.0 Å². The minimum atomic E-state index is -1.07. The zero-order valence-corrected chi connectivity index (χ0v) is 13.7. The van der Waals surface area contributed by atoms with Crippen molar-refractivity contribution >= 4 is 23.2 Å². The van der Waals surface area contributed by atoms with Crippen LogP contribution < -0.4 is 10.6 Å². The monoisotopic (exact) mass is 336 g/mol. The molecule has 2 aromatic rings. The van der Waals surface area contributed by atoms with Crippen LogP contribution in [0.2, 0.25) is 0 Å². The molecule has 0 fully saturated rings. The fourth-order valence-corrected chi connectivity index (χ4v) is 2.76. The van der Waals surface area contributed by atoms with Crippen LogP contribution in [0.25, 0.3) is 0 Å². The second-order valence-corrected chi connectivity index (χ2v) is 6.31. The number of furan rings is 1. The van der Waals surface area contributed by atoms with Gasteiger partial charge < -0.3 is 20.2 Å². The van der Waals surface area contributed by atoms with Crippen LogP contribution in [0.5, 0.6) is 0 Å². The van der Waals surface area contributed by atoms with Gasteiger partial charge in [-0.3, -0.25) is 9.59 Å². The van der Waals surface area contributed by atoms with E-state index >= 15 is 0 Å². The van der Waals surface area contributed by atoms with Gasteiger partial charge in [0.25, 0.3) is 5.91 Å². The maximum Gasteiger partial charge on any atom is 0.286 e. The van der Waals surface area contributed by atoms with Crippen LogP contribution in [-0.2, 0) is 10.4 Å². The fraction of sp³-hybridized carbons (Fsp3) is 0.375. The highest BCUT2D eigenvalue weighted by Gasteiger charge is 2.24. The van der Waals surface area contributed by atoms with E-state index in [4.69, 9.17) is 4.42 Å². The van der Waals surface area contributed by atoms with E-state index < -0.39 is 5.60 Å². The van der Waals surface area contributed by atoms with Crippen molar-refractivity contribution in [3.05, 3.63) is 46.5 Å². The lowest BCUT2D eigenvalue weighted by atomic mass is 10.1. The Balaban J connectivity index is 1.63. The summed E-state index contributed by atoms with van der Waals surface area (Å²) in [6, 6.07) is 6.91. The third kappa shape index (κ3) is 5.22. The predicted octanol–water partition coefficient (Wildman–Crippen LogP) is 1.87. The summed E-state index contributed by atoms with van der Waals surface area (Å²) in [5.41, 5.74) is -1.07. The fourth-order valence-electron chi connectivity index (χ4n) is 1.98. The highest BCUT2D eigenvalue weighted by atomic mass is 32.1. The van der Waals surface area contributed by atoms with Gasteiger partial charge in [-0.1, -0.05) is 6.07 Å². The van der Waals surface area contributed by atoms with Crippen molar-refractivity contribution in [2.24, 2.45) is 0 Å². The van der Waals surface area contributed by atoms with Gasteiger partial charge in [0, 0.05) is 17.8 Å². The molecular formula is C16H20N2O4S. The summed E-state index contributed by atoms with van der Waals surface area (Å²) in [4.78, 5) is 24.2. The van der Waals surface area contributed by atoms with Gasteiger partial charge in [0.15, 0.2) is 5.76 Å². The smallest absolute Gasteiger partial charge is 0.286 e. The average Bonchev–Trinajstić information content (AvgIpc) is 3.22. The van der Waals surface area contributed by atoms with Gasteiger partial charge in [-0.15, -0.1) is 11.3 Å². The van der Waals surface area contributed by atoms with E-state index in [0.717, 1.165) is 4.88 Å². The van der Waals surface area contributed by atoms with E-state index in [1.54, 1.807) is 19.1 Å². The molecule has 0 saturated carbocycles. The molecule has 0 saturated heterocycles. The molecule has 0 bridgehead atoms. The molecule has 3 N–H and O–H groups in total. The molecule has 0 aliphatic carbocycles. The summed E-state index contributed by atoms with van der Waals surface area (Å²) >= 11 is 1.45. The summed E-state index contributed by atoms with van der Waals surface area (Å²) in [5, 5.41) is 17.6. The Bertz CT molecular complexity index is 621. The highest BCUT2D eigenvalue weighted by Crippen LogP contribution is 2.24. The molecule has 2 aromatic heterocycles. The number of carbonyl (C=O) groups is 2. The lowest BCUT2D eigenvalue weighted by Crippen LogP contribution is -2.38. The average molecular weight is 336 g/mol. The van der Waals surface area contributed by atoms with Crippen LogP contribution >= 0.6 is 11.3 Å². The number of carbonyl (C=O) groups excluding carboxylic acids is 2. The number of hydrogen-bond acceptors (Lipinski definition) is 5. The Labute approximate surface area is 138 Å². The largest absolute Gasteiger partial charge is 0.459 e. The van der Waals surface area contributed by atoms with E-state index in [9.17, 15) is 14.7 Å². The molecule has 0 aromatic carbocycles. The van der Waals surface area contributed by atoms with Crippen LogP contribution in [0, 0.1) is 0 Å². The Kier molecular flexibility index (Phi) is 5.95. The number of rotatable bonds is 8. The molecule has 2 amide bonds. The van der Waals surface area contributed by atoms with E-state index in [1.165, 1.54) is 17.6 Å². The molecule has 2 heterocycles. The van der Waals surface area contributed by atoms with Crippen molar-refractivity contribution in [1.29, 1.82) is 0 Å². The maximum atomic E-state index is 11.8. The van der Waals surface area contributed by atoms with Crippen molar-refractivity contribution in [2.45, 2.75) is 25.4 Å². The zero-order chi connectivity index (χ0) is 16.7. The summed E-state index contributed by atoms with van der Waals surface area (Å²) in [5.74, 6) is -0.202. The number of aliphatic hydroxyl groups is 1. The zero-order valence-electron chi connectivity index (χ0n) is 12.9. The van der Waals surface area contributed by atoms with Gasteiger partial charge in [-0.2, -0.15) is 0 Å². The molecule has 124 valence electrons. The topological polar surface area (TPSA) is 91.6 Å². The molecule has 23 heavy (non-hydrogen) atoms. The molecule has 0 aliphatic heterocycles. The van der Waals surface area contributed by atoms with Gasteiger partial charge in [-0.05, 0) is 36.9 Å². The summed E-state index contributed by atoms with van der Waals surface area (Å²) < 4.78 is 4.97. The van der Waals surface area contributed by atoms with Crippen molar-refractivity contribution in [2.75, 3.05) is 13.1 Å². The van der Waals surface area contributed by atoms with Crippen molar-refractivity contribution < 1.29 is 19.1 Å². The van der Waals surface area contributed by atoms with E-state index in [1.807, 2.05) is 17.5 Å². The Morgan fingerprint density at radius 1 is 1.30 bits per heavy atom. The first-order valence-electron chi connectivity index (χ1n) is 7.34. The summed E-state index contributed by atoms with van der Waals surface area (Å²) in [6.07, 6.45) is 2.22. The molecule has 7 heteroatoms. The van der Waals surface area contributed by atoms with Gasteiger partial charge in [0.2, 0.25) is 5.91 Å². The molecule has 2 rings (SSSR count). The lowest BCUT2D eigenvalue weighted by Gasteiger charge is -2.22. The van der Waals surface area contributed by atoms with Crippen molar-refractivity contribution in [3.63, 3.8) is 0 Å². The molecule has 0 aliphatic rings. The maximum absolute atomic E-state index is 11.8. The predicted molar refractivity (Wildman–Crippen MR) is 87.2 cm³/mol. The second-order valence-electron chi connectivity index (χ2n) is 5.36. The Hall–Kier alpha value is -2.12. The van der Waals surface area contributed by atoms with Crippen molar-refractivity contribution in [1.82, 2.24) is 10.6 Å². The lowest BCUT2D eigenvalue weighted by molar-refractivity contribution is -0.122. The Morgan fingerprint density at radius 3 is 2.78 bits per heavy atom. The quantitative estimate of drug-likeness (QED) is 0.642. The van der Waals surface area contributed by atoms with E-state index in [0.29, 0.717) is 13.0 Å². The third-order valence-corrected chi connectivity index (χ3v) is 4.42. The molecule has 1 atom stereocenters. The molecule has 0 spiro atoms. The highest BCUT2D eigenvalue weighted by molar-refractivity contribution is 7.10. The van der Waals surface area contributed by atoms with Crippen LogP contribution in [0.3, 0.4) is 0 Å². The second kappa shape index (κ2) is 7.94. The molecule has 0 radical (unpaired) electrons. The molecule has 6 nitrogen and oxygen atoms in total. The SMILES string of the molecule is CC(O)(CNC(=O)CCCNC(=O)c1ccco1)c1cccs1. The number of thiophene rings is 1. The molecular weight excluding hydrogens is 316 g/mol. The van der Waals surface area contributed by atoms with Crippen molar-refractivity contribution in [3.8, 4) is 0 Å². The number of hydrogen-bond donors (Lipinski definition) is 3. The van der Waals surface area contributed by atoms with E-state index in [-0.39, 0.29) is 30.5 Å². The van der Waals surface area contributed by atoms with E-state index in [2.05, 4.69) is 10.6 Å². The molecule has 1 unspecified atom stereocenters. The van der Waals surface area contributed by atoms with Gasteiger partial charge in [0.05, 0.1) is 12.8 Å². The third-order valence-electron chi connectivity index (χ3n) is 3.29. The minimum absolute atomic E-state index is 0.158. The van der Waals surface area contributed by atoms with Gasteiger partial charge >= 0.3 is 0 Å². The summed E-state index contributed by atoms with van der Waals surface area (Å²) in [6.45, 7) is 2.21. The first-order chi connectivity index (χ1) is 11.0.